The molecule has 1 aromatic carbocycles. The molecular formula is C21H22FNO8. The number of carbonyl (C=O) groups is 3. The fraction of sp³-hybridized carbons (Fsp3) is 0.333. The zero-order valence-electron chi connectivity index (χ0n) is 17.5. The van der Waals surface area contributed by atoms with Gasteiger partial charge in [0.25, 0.3) is 0 Å². The average Bonchev–Trinajstić information content (AvgIpc) is 2.67. The van der Waals surface area contributed by atoms with Crippen molar-refractivity contribution in [2.24, 2.45) is 0 Å². The summed E-state index contributed by atoms with van der Waals surface area (Å²) in [4.78, 5) is 47.3. The van der Waals surface area contributed by atoms with Gasteiger partial charge in [-0.05, 0) is 17.7 Å². The van der Waals surface area contributed by atoms with Gasteiger partial charge in [0.1, 0.15) is 18.1 Å². The number of ether oxygens (including phenoxy) is 4. The molecule has 1 heterocycles. The third-order valence-electron chi connectivity index (χ3n) is 4.05. The van der Waals surface area contributed by atoms with Crippen molar-refractivity contribution in [1.29, 1.82) is 0 Å². The maximum Gasteiger partial charge on any atom is 0.309 e. The zero-order chi connectivity index (χ0) is 23.1. The van der Waals surface area contributed by atoms with Crippen LogP contribution in [-0.4, -0.2) is 36.2 Å². The van der Waals surface area contributed by atoms with Gasteiger partial charge in [-0.3, -0.25) is 19.2 Å². The van der Waals surface area contributed by atoms with Gasteiger partial charge in [-0.25, -0.2) is 4.39 Å². The van der Waals surface area contributed by atoms with Gasteiger partial charge in [0.2, 0.25) is 11.3 Å². The van der Waals surface area contributed by atoms with E-state index in [1.54, 1.807) is 0 Å². The van der Waals surface area contributed by atoms with Gasteiger partial charge < -0.3 is 23.5 Å². The van der Waals surface area contributed by atoms with Crippen LogP contribution in [-0.2, 0) is 30.4 Å². The van der Waals surface area contributed by atoms with E-state index < -0.39 is 35.3 Å². The molecule has 0 fully saturated rings. The molecule has 0 saturated carbocycles. The molecule has 0 radical (unpaired) electrons. The Kier molecular flexibility index (Phi) is 7.89. The Hall–Kier alpha value is -3.69. The first kappa shape index (κ1) is 23.6. The first-order chi connectivity index (χ1) is 14.6. The molecule has 0 N–H and O–H groups in total. The van der Waals surface area contributed by atoms with Gasteiger partial charge in [-0.15, -0.1) is 0 Å². The zero-order valence-corrected chi connectivity index (χ0v) is 17.5. The molecule has 0 aliphatic carbocycles. The first-order valence-electron chi connectivity index (χ1n) is 9.20. The van der Waals surface area contributed by atoms with E-state index in [0.29, 0.717) is 5.56 Å². The van der Waals surface area contributed by atoms with Crippen LogP contribution in [0.15, 0.2) is 35.1 Å². The van der Waals surface area contributed by atoms with Crippen LogP contribution in [0.1, 0.15) is 38.1 Å². The lowest BCUT2D eigenvalue weighted by Gasteiger charge is -2.26. The number of halogens is 1. The molecule has 0 spiro atoms. The minimum absolute atomic E-state index is 0.0280. The number of pyridine rings is 1. The van der Waals surface area contributed by atoms with Gasteiger partial charge >= 0.3 is 17.9 Å². The predicted molar refractivity (Wildman–Crippen MR) is 105 cm³/mol. The number of benzene rings is 1. The Morgan fingerprint density at radius 2 is 1.68 bits per heavy atom. The lowest BCUT2D eigenvalue weighted by Crippen LogP contribution is -2.26. The summed E-state index contributed by atoms with van der Waals surface area (Å²) >= 11 is 0. The largest absolute Gasteiger partial charge is 0.491 e. The van der Waals surface area contributed by atoms with Gasteiger partial charge in [-0.1, -0.05) is 12.1 Å². The van der Waals surface area contributed by atoms with Crippen LogP contribution in [0.2, 0.25) is 0 Å². The molecule has 9 nitrogen and oxygen atoms in total. The van der Waals surface area contributed by atoms with Crippen LogP contribution in [0.4, 0.5) is 4.39 Å². The molecule has 0 aliphatic rings. The Labute approximate surface area is 177 Å². The van der Waals surface area contributed by atoms with Crippen molar-refractivity contribution < 1.29 is 37.7 Å². The Morgan fingerprint density at radius 3 is 2.19 bits per heavy atom. The summed E-state index contributed by atoms with van der Waals surface area (Å²) in [5, 5.41) is 0. The molecule has 10 heteroatoms. The van der Waals surface area contributed by atoms with Crippen molar-refractivity contribution in [3.63, 3.8) is 0 Å². The minimum atomic E-state index is -1.21. The number of methoxy groups -OCH3 is 1. The van der Waals surface area contributed by atoms with Crippen LogP contribution >= 0.6 is 0 Å². The summed E-state index contributed by atoms with van der Waals surface area (Å²) in [5.41, 5.74) is -0.285. The van der Waals surface area contributed by atoms with E-state index in [1.165, 1.54) is 37.7 Å². The molecule has 1 aromatic heterocycles. The number of hydrogen-bond donors (Lipinski definition) is 0. The number of aromatic nitrogens is 1. The maximum atomic E-state index is 13.5. The summed E-state index contributed by atoms with van der Waals surface area (Å²) in [7, 11) is 1.25. The lowest BCUT2D eigenvalue weighted by atomic mass is 10.0. The maximum absolute atomic E-state index is 13.5. The van der Waals surface area contributed by atoms with Crippen LogP contribution in [0.3, 0.4) is 0 Å². The summed E-state index contributed by atoms with van der Waals surface area (Å²) in [6.07, 6.45) is -1.21. The molecule has 166 valence electrons. The van der Waals surface area contributed by atoms with E-state index in [9.17, 15) is 23.6 Å². The molecule has 2 aromatic rings. The number of carbonyl (C=O) groups excluding carboxylic acids is 3. The van der Waals surface area contributed by atoms with Gasteiger partial charge in [0, 0.05) is 20.8 Å². The van der Waals surface area contributed by atoms with Crippen LogP contribution < -0.4 is 14.9 Å². The second-order valence-corrected chi connectivity index (χ2v) is 6.39. The molecule has 0 amide bonds. The Bertz CT molecular complexity index is 1030. The normalized spacial score (nSPS) is 11.4. The first-order valence-corrected chi connectivity index (χ1v) is 9.20. The number of esters is 3. The molecule has 1 atom stereocenters. The summed E-state index contributed by atoms with van der Waals surface area (Å²) in [6, 6.07) is 6.11. The van der Waals surface area contributed by atoms with Crippen LogP contribution in [0.25, 0.3) is 0 Å². The van der Waals surface area contributed by atoms with Gasteiger partial charge in [0.15, 0.2) is 11.9 Å². The van der Waals surface area contributed by atoms with Crippen molar-refractivity contribution >= 4 is 17.9 Å². The van der Waals surface area contributed by atoms with Crippen molar-refractivity contribution in [2.75, 3.05) is 13.7 Å². The Balaban J connectivity index is 2.78. The van der Waals surface area contributed by atoms with Crippen LogP contribution in [0, 0.1) is 5.82 Å². The van der Waals surface area contributed by atoms with Gasteiger partial charge in [-0.2, -0.15) is 0 Å². The highest BCUT2D eigenvalue weighted by Gasteiger charge is 2.29. The quantitative estimate of drug-likeness (QED) is 0.580. The third kappa shape index (κ3) is 6.14. The van der Waals surface area contributed by atoms with Crippen molar-refractivity contribution in [3.05, 3.63) is 57.6 Å². The summed E-state index contributed by atoms with van der Waals surface area (Å²) < 4.78 is 35.6. The van der Waals surface area contributed by atoms with E-state index in [0.717, 1.165) is 25.1 Å². The van der Waals surface area contributed by atoms with Crippen molar-refractivity contribution in [1.82, 2.24) is 4.57 Å². The highest BCUT2D eigenvalue weighted by atomic mass is 19.1. The van der Waals surface area contributed by atoms with Crippen molar-refractivity contribution in [2.45, 2.75) is 33.4 Å². The highest BCUT2D eigenvalue weighted by Crippen LogP contribution is 2.34. The van der Waals surface area contributed by atoms with E-state index >= 15 is 0 Å². The van der Waals surface area contributed by atoms with E-state index in [4.69, 9.17) is 18.9 Å². The molecule has 31 heavy (non-hydrogen) atoms. The Morgan fingerprint density at radius 1 is 1.03 bits per heavy atom. The topological polar surface area (TPSA) is 110 Å². The molecule has 0 saturated heterocycles. The molecule has 0 aliphatic heterocycles. The van der Waals surface area contributed by atoms with E-state index in [2.05, 4.69) is 0 Å². The molecule has 0 bridgehead atoms. The number of rotatable bonds is 8. The predicted octanol–water partition coefficient (Wildman–Crippen LogP) is 2.14. The second-order valence-electron chi connectivity index (χ2n) is 6.39. The minimum Gasteiger partial charge on any atom is -0.491 e. The lowest BCUT2D eigenvalue weighted by molar-refractivity contribution is -0.145. The molecular weight excluding hydrogens is 413 g/mol. The summed E-state index contributed by atoms with van der Waals surface area (Å²) in [5.74, 6) is -2.80. The highest BCUT2D eigenvalue weighted by molar-refractivity contribution is 5.69. The monoisotopic (exact) mass is 435 g/mol. The smallest absolute Gasteiger partial charge is 0.309 e. The van der Waals surface area contributed by atoms with Gasteiger partial charge in [0.05, 0.1) is 19.7 Å². The SMILES string of the molecule is COc1c(C(OC(C)=O)c2ccc(F)cc2)n(CCOC(C)=O)c(OC(C)=O)cc1=O. The second kappa shape index (κ2) is 10.4. The average molecular weight is 435 g/mol. The van der Waals surface area contributed by atoms with E-state index in [1.807, 2.05) is 0 Å². The number of nitrogens with zero attached hydrogens (tertiary/aromatic N) is 1. The van der Waals surface area contributed by atoms with Crippen LogP contribution in [0.5, 0.6) is 11.6 Å². The third-order valence-corrected chi connectivity index (χ3v) is 4.05. The fourth-order valence-corrected chi connectivity index (χ4v) is 2.92. The standard InChI is InChI=1S/C21H22FNO8/c1-12(24)29-10-9-23-18(30-13(2)25)11-17(27)21(28-4)19(23)20(31-14(3)26)15-5-7-16(22)8-6-15/h5-8,11,20H,9-10H2,1-4H3. The molecule has 2 rings (SSSR count). The fourth-order valence-electron chi connectivity index (χ4n) is 2.92. The van der Waals surface area contributed by atoms with E-state index in [-0.39, 0.29) is 30.5 Å². The van der Waals surface area contributed by atoms with Crippen molar-refractivity contribution in [3.8, 4) is 11.6 Å². The summed E-state index contributed by atoms with van der Waals surface area (Å²) in [6.45, 7) is 3.33. The molecule has 1 unspecified atom stereocenters. The number of hydrogen-bond acceptors (Lipinski definition) is 8.